The first-order chi connectivity index (χ1) is 34.2. The summed E-state index contributed by atoms with van der Waals surface area (Å²) in [5, 5.41) is 12.1. The van der Waals surface area contributed by atoms with Gasteiger partial charge in [-0.3, -0.25) is 29.0 Å². The lowest BCUT2D eigenvalue weighted by Gasteiger charge is -2.50. The second-order valence-electron chi connectivity index (χ2n) is 19.5. The molecule has 7 rings (SSSR count). The summed E-state index contributed by atoms with van der Waals surface area (Å²) in [7, 11) is 1.64. The Hall–Kier alpha value is -4.86. The van der Waals surface area contributed by atoms with Gasteiger partial charge in [0.15, 0.2) is 0 Å². The number of nitrogens with one attached hydrogen (secondary N) is 4. The van der Waals surface area contributed by atoms with Crippen LogP contribution in [-0.4, -0.2) is 143 Å². The maximum atomic E-state index is 12.6. The number of amides is 4. The van der Waals surface area contributed by atoms with Crippen molar-refractivity contribution in [2.24, 2.45) is 0 Å². The molecule has 70 heavy (non-hydrogen) atoms. The first-order valence-electron chi connectivity index (χ1n) is 26.2. The highest BCUT2D eigenvalue weighted by molar-refractivity contribution is 5.84. The molecular formula is C56H82N6O8. The Kier molecular flexibility index (Phi) is 22.9. The molecule has 0 unspecified atom stereocenters. The monoisotopic (exact) mass is 967 g/mol. The summed E-state index contributed by atoms with van der Waals surface area (Å²) in [5.41, 5.74) is 4.07. The fourth-order valence-corrected chi connectivity index (χ4v) is 10.9. The lowest BCUT2D eigenvalue weighted by molar-refractivity contribution is -0.127. The number of morpholine rings is 2. The van der Waals surface area contributed by atoms with E-state index in [1.165, 1.54) is 11.1 Å². The van der Waals surface area contributed by atoms with Crippen LogP contribution in [-0.2, 0) is 52.7 Å². The maximum absolute atomic E-state index is 12.6. The van der Waals surface area contributed by atoms with Crippen molar-refractivity contribution in [3.8, 4) is 5.75 Å². The van der Waals surface area contributed by atoms with Gasteiger partial charge in [0.1, 0.15) is 5.75 Å². The molecule has 4 aliphatic rings. The number of carbonyl (C=O) groups is 4. The molecule has 3 aromatic rings. The van der Waals surface area contributed by atoms with Crippen molar-refractivity contribution in [2.45, 2.75) is 133 Å². The van der Waals surface area contributed by atoms with Gasteiger partial charge in [-0.15, -0.1) is 0 Å². The molecule has 2 aliphatic carbocycles. The van der Waals surface area contributed by atoms with Crippen molar-refractivity contribution in [1.82, 2.24) is 31.1 Å². The SMILES string of the molecule is CCOc1ccccc1CCNC(=O)CCC(=O)NC1CCC(Cc2ccccc2)(N2CCOCC2)CC1.COCCCNC(=O)CCC(=O)NC1CCC(Cc2ccccc2)(N2CCOCC2)CC1. The number of ether oxygens (including phenoxy) is 4. The van der Waals surface area contributed by atoms with Gasteiger partial charge in [-0.25, -0.2) is 0 Å². The maximum Gasteiger partial charge on any atom is 0.220 e. The fraction of sp³-hybridized carbons (Fsp3) is 0.607. The van der Waals surface area contributed by atoms with Gasteiger partial charge < -0.3 is 40.2 Å². The van der Waals surface area contributed by atoms with Crippen LogP contribution in [0.2, 0.25) is 0 Å². The Bertz CT molecular complexity index is 2000. The number of benzene rings is 3. The standard InChI is InChI=1S/C31H43N3O4.C25H39N3O4/c1-2-38-28-11-7-6-10-26(28)16-19-32-29(35)12-13-30(36)33-27-14-17-31(18-15-27,34-20-22-37-23-21-34)24-25-8-4-3-5-9-25;1-31-17-5-14-26-23(29)8-9-24(30)27-22-10-12-25(13-11-22,28-15-18-32-19-16-28)20-21-6-3-2-4-7-21/h3-11,27H,2,12-24H2,1H3,(H,32,35)(H,33,36);2-4,6-7,22H,5,8-20H2,1H3,(H,26,29)(H,27,30). The summed E-state index contributed by atoms with van der Waals surface area (Å²) < 4.78 is 21.9. The molecule has 14 heteroatoms. The van der Waals surface area contributed by atoms with Gasteiger partial charge in [-0.1, -0.05) is 78.9 Å². The molecule has 14 nitrogen and oxygen atoms in total. The van der Waals surface area contributed by atoms with Crippen LogP contribution < -0.4 is 26.0 Å². The lowest BCUT2D eigenvalue weighted by atomic mass is 9.74. The summed E-state index contributed by atoms with van der Waals surface area (Å²) in [5.74, 6) is 0.635. The Morgan fingerprint density at radius 2 is 1.01 bits per heavy atom. The normalized spacial score (nSPS) is 22.9. The van der Waals surface area contributed by atoms with Gasteiger partial charge in [0, 0.05) is 102 Å². The van der Waals surface area contributed by atoms with E-state index >= 15 is 0 Å². The third-order valence-corrected chi connectivity index (χ3v) is 14.7. The Morgan fingerprint density at radius 3 is 1.47 bits per heavy atom. The van der Waals surface area contributed by atoms with E-state index in [0.717, 1.165) is 135 Å². The minimum Gasteiger partial charge on any atom is -0.494 e. The quantitative estimate of drug-likeness (QED) is 0.0809. The number of nitrogens with zero attached hydrogens (tertiary/aromatic N) is 2. The van der Waals surface area contributed by atoms with Crippen LogP contribution >= 0.6 is 0 Å². The van der Waals surface area contributed by atoms with E-state index in [0.29, 0.717) is 32.7 Å². The summed E-state index contributed by atoms with van der Waals surface area (Å²) in [6.45, 7) is 11.4. The fourth-order valence-electron chi connectivity index (χ4n) is 10.9. The molecule has 0 atom stereocenters. The van der Waals surface area contributed by atoms with E-state index in [1.54, 1.807) is 7.11 Å². The summed E-state index contributed by atoms with van der Waals surface area (Å²) in [6.07, 6.45) is 12.5. The van der Waals surface area contributed by atoms with Gasteiger partial charge in [0.05, 0.1) is 33.0 Å². The zero-order valence-electron chi connectivity index (χ0n) is 42.2. The molecule has 4 fully saturated rings. The van der Waals surface area contributed by atoms with Crippen molar-refractivity contribution < 1.29 is 38.1 Å². The first kappa shape index (κ1) is 54.5. The third kappa shape index (κ3) is 17.8. The minimum atomic E-state index is -0.0909. The van der Waals surface area contributed by atoms with E-state index in [9.17, 15) is 19.2 Å². The summed E-state index contributed by atoms with van der Waals surface area (Å²) in [4.78, 5) is 54.5. The lowest BCUT2D eigenvalue weighted by Crippen LogP contribution is -2.58. The molecule has 0 bridgehead atoms. The van der Waals surface area contributed by atoms with Gasteiger partial charge >= 0.3 is 0 Å². The van der Waals surface area contributed by atoms with E-state index in [2.05, 4.69) is 91.7 Å². The number of carbonyl (C=O) groups excluding carboxylic acids is 4. The zero-order chi connectivity index (χ0) is 49.3. The molecule has 0 aromatic heterocycles. The largest absolute Gasteiger partial charge is 0.494 e. The molecule has 3 aromatic carbocycles. The highest BCUT2D eigenvalue weighted by Gasteiger charge is 2.42. The number of hydrogen-bond acceptors (Lipinski definition) is 10. The third-order valence-electron chi connectivity index (χ3n) is 14.7. The van der Waals surface area contributed by atoms with Gasteiger partial charge in [0.25, 0.3) is 0 Å². The number of rotatable bonds is 23. The molecule has 0 spiro atoms. The second kappa shape index (κ2) is 29.5. The van der Waals surface area contributed by atoms with Crippen molar-refractivity contribution in [2.75, 3.05) is 86.0 Å². The summed E-state index contributed by atoms with van der Waals surface area (Å²) in [6, 6.07) is 29.7. The first-order valence-corrected chi connectivity index (χ1v) is 26.2. The smallest absolute Gasteiger partial charge is 0.220 e. The highest BCUT2D eigenvalue weighted by atomic mass is 16.5. The van der Waals surface area contributed by atoms with Crippen LogP contribution in [0.5, 0.6) is 5.75 Å². The van der Waals surface area contributed by atoms with E-state index in [4.69, 9.17) is 18.9 Å². The van der Waals surface area contributed by atoms with Crippen LogP contribution in [0, 0.1) is 0 Å². The highest BCUT2D eigenvalue weighted by Crippen LogP contribution is 2.39. The van der Waals surface area contributed by atoms with Crippen LogP contribution in [0.25, 0.3) is 0 Å². The Balaban J connectivity index is 0.000000233. The summed E-state index contributed by atoms with van der Waals surface area (Å²) >= 11 is 0. The average molecular weight is 967 g/mol. The molecule has 2 saturated heterocycles. The molecule has 2 heterocycles. The molecule has 2 aliphatic heterocycles. The number of para-hydroxylation sites is 1. The predicted octanol–water partition coefficient (Wildman–Crippen LogP) is 6.19. The van der Waals surface area contributed by atoms with Gasteiger partial charge in [0.2, 0.25) is 23.6 Å². The Labute approximate surface area is 417 Å². The molecule has 4 amide bonds. The topological polar surface area (TPSA) is 160 Å². The van der Waals surface area contributed by atoms with Crippen molar-refractivity contribution in [3.63, 3.8) is 0 Å². The van der Waals surface area contributed by atoms with E-state index < -0.39 is 0 Å². The Morgan fingerprint density at radius 1 is 0.586 bits per heavy atom. The van der Waals surface area contributed by atoms with Crippen LogP contribution in [0.4, 0.5) is 0 Å². The molecule has 4 N–H and O–H groups in total. The number of methoxy groups -OCH3 is 1. The van der Waals surface area contributed by atoms with Crippen molar-refractivity contribution in [3.05, 3.63) is 102 Å². The van der Waals surface area contributed by atoms with Crippen LogP contribution in [0.3, 0.4) is 0 Å². The zero-order valence-corrected chi connectivity index (χ0v) is 42.2. The molecule has 0 radical (unpaired) electrons. The van der Waals surface area contributed by atoms with Gasteiger partial charge in [-0.05, 0) is 107 Å². The minimum absolute atomic E-state index is 0.0241. The van der Waals surface area contributed by atoms with Crippen molar-refractivity contribution >= 4 is 23.6 Å². The van der Waals surface area contributed by atoms with Crippen LogP contribution in [0.1, 0.15) is 107 Å². The second-order valence-corrected chi connectivity index (χ2v) is 19.5. The average Bonchev–Trinajstić information content (AvgIpc) is 3.39. The molecule has 384 valence electrons. The van der Waals surface area contributed by atoms with E-state index in [1.807, 2.05) is 31.2 Å². The molecule has 2 saturated carbocycles. The van der Waals surface area contributed by atoms with Crippen LogP contribution in [0.15, 0.2) is 84.9 Å². The predicted molar refractivity (Wildman–Crippen MR) is 274 cm³/mol. The molecular weight excluding hydrogens is 885 g/mol. The van der Waals surface area contributed by atoms with Gasteiger partial charge in [-0.2, -0.15) is 0 Å². The van der Waals surface area contributed by atoms with Crippen molar-refractivity contribution in [1.29, 1.82) is 0 Å². The van der Waals surface area contributed by atoms with E-state index in [-0.39, 0.29) is 72.5 Å². The number of hydrogen-bond donors (Lipinski definition) is 4.